The molecule has 0 saturated carbocycles. The molecule has 2 aromatic rings. The van der Waals surface area contributed by atoms with Gasteiger partial charge in [-0.05, 0) is 24.3 Å². The highest BCUT2D eigenvalue weighted by Crippen LogP contribution is 2.22. The Morgan fingerprint density at radius 2 is 1.93 bits per heavy atom. The van der Waals surface area contributed by atoms with Crippen molar-refractivity contribution in [2.24, 2.45) is 0 Å². The largest absolute Gasteiger partial charge is 0.502 e. The summed E-state index contributed by atoms with van der Waals surface area (Å²) in [5.41, 5.74) is 0.00285. The molecule has 1 heterocycles. The lowest BCUT2D eigenvalue weighted by Gasteiger charge is -2.01. The molecule has 0 unspecified atom stereocenters. The first-order valence-corrected chi connectivity index (χ1v) is 4.21. The minimum Gasteiger partial charge on any atom is -0.502 e. The number of aromatic nitrogens is 2. The SMILES string of the molecule is O=c1[nH]cnc(-c2ccc(F)cc2)c1O. The summed E-state index contributed by atoms with van der Waals surface area (Å²) in [6.45, 7) is 0. The predicted molar refractivity (Wildman–Crippen MR) is 51.9 cm³/mol. The van der Waals surface area contributed by atoms with Crippen LogP contribution < -0.4 is 5.56 Å². The Morgan fingerprint density at radius 3 is 2.60 bits per heavy atom. The van der Waals surface area contributed by atoms with E-state index in [1.807, 2.05) is 0 Å². The van der Waals surface area contributed by atoms with Gasteiger partial charge in [0.05, 0.1) is 6.33 Å². The summed E-state index contributed by atoms with van der Waals surface area (Å²) < 4.78 is 12.6. The highest BCUT2D eigenvalue weighted by molar-refractivity contribution is 5.64. The van der Waals surface area contributed by atoms with Gasteiger partial charge < -0.3 is 10.1 Å². The van der Waals surface area contributed by atoms with Gasteiger partial charge in [-0.15, -0.1) is 0 Å². The second-order valence-electron chi connectivity index (χ2n) is 2.94. The summed E-state index contributed by atoms with van der Waals surface area (Å²) in [5.74, 6) is -0.854. The number of hydrogen-bond donors (Lipinski definition) is 2. The fourth-order valence-corrected chi connectivity index (χ4v) is 1.21. The van der Waals surface area contributed by atoms with Crippen LogP contribution in [-0.4, -0.2) is 15.1 Å². The number of nitrogens with one attached hydrogen (secondary N) is 1. The molecule has 2 N–H and O–H groups in total. The number of aromatic amines is 1. The summed E-state index contributed by atoms with van der Waals surface area (Å²) in [4.78, 5) is 17.1. The van der Waals surface area contributed by atoms with E-state index in [0.717, 1.165) is 0 Å². The fourth-order valence-electron chi connectivity index (χ4n) is 1.21. The molecule has 4 nitrogen and oxygen atoms in total. The van der Waals surface area contributed by atoms with Crippen molar-refractivity contribution in [3.63, 3.8) is 0 Å². The van der Waals surface area contributed by atoms with Crippen molar-refractivity contribution in [2.45, 2.75) is 0 Å². The van der Waals surface area contributed by atoms with Crippen LogP contribution in [0.4, 0.5) is 4.39 Å². The van der Waals surface area contributed by atoms with E-state index in [9.17, 15) is 14.3 Å². The Labute approximate surface area is 84.0 Å². The Morgan fingerprint density at radius 1 is 1.27 bits per heavy atom. The summed E-state index contributed by atoms with van der Waals surface area (Å²) >= 11 is 0. The minimum absolute atomic E-state index is 0.138. The van der Waals surface area contributed by atoms with Crippen LogP contribution in [0.3, 0.4) is 0 Å². The maximum Gasteiger partial charge on any atom is 0.293 e. The maximum absolute atomic E-state index is 12.6. The van der Waals surface area contributed by atoms with Crippen molar-refractivity contribution in [3.8, 4) is 17.0 Å². The molecular formula is C10H7FN2O2. The first kappa shape index (κ1) is 9.39. The number of hydrogen-bond acceptors (Lipinski definition) is 3. The summed E-state index contributed by atoms with van der Waals surface area (Å²) in [7, 11) is 0. The zero-order valence-corrected chi connectivity index (χ0v) is 7.57. The van der Waals surface area contributed by atoms with E-state index in [0.29, 0.717) is 5.56 Å². The molecule has 0 bridgehead atoms. The molecule has 2 rings (SSSR count). The van der Waals surface area contributed by atoms with Gasteiger partial charge in [-0.25, -0.2) is 9.37 Å². The van der Waals surface area contributed by atoms with Gasteiger partial charge in [-0.1, -0.05) is 0 Å². The number of nitrogens with zero attached hydrogens (tertiary/aromatic N) is 1. The molecule has 76 valence electrons. The summed E-state index contributed by atoms with van der Waals surface area (Å²) in [6.07, 6.45) is 1.18. The standard InChI is InChI=1S/C10H7FN2O2/c11-7-3-1-6(2-4-7)8-9(14)10(15)13-5-12-8/h1-5,14H,(H,12,13,15). The third-order valence-corrected chi connectivity index (χ3v) is 1.95. The maximum atomic E-state index is 12.6. The Kier molecular flexibility index (Phi) is 2.21. The van der Waals surface area contributed by atoms with Gasteiger partial charge in [0.1, 0.15) is 11.5 Å². The van der Waals surface area contributed by atoms with Crippen molar-refractivity contribution < 1.29 is 9.50 Å². The molecule has 0 aliphatic rings. The lowest BCUT2D eigenvalue weighted by atomic mass is 10.1. The van der Waals surface area contributed by atoms with Crippen LogP contribution in [-0.2, 0) is 0 Å². The molecule has 0 radical (unpaired) electrons. The molecule has 0 amide bonds. The zero-order valence-electron chi connectivity index (χ0n) is 7.57. The number of halogens is 1. The highest BCUT2D eigenvalue weighted by atomic mass is 19.1. The lowest BCUT2D eigenvalue weighted by Crippen LogP contribution is -2.06. The van der Waals surface area contributed by atoms with Crippen molar-refractivity contribution >= 4 is 0 Å². The van der Waals surface area contributed by atoms with Crippen molar-refractivity contribution in [3.05, 3.63) is 46.8 Å². The third-order valence-electron chi connectivity index (χ3n) is 1.95. The number of aromatic hydroxyl groups is 1. The van der Waals surface area contributed by atoms with Crippen LogP contribution in [0.25, 0.3) is 11.3 Å². The minimum atomic E-state index is -0.621. The smallest absolute Gasteiger partial charge is 0.293 e. The van der Waals surface area contributed by atoms with E-state index in [1.165, 1.54) is 30.6 Å². The Bertz CT molecular complexity index is 534. The average Bonchev–Trinajstić information content (AvgIpc) is 2.24. The van der Waals surface area contributed by atoms with E-state index in [1.54, 1.807) is 0 Å². The number of rotatable bonds is 1. The monoisotopic (exact) mass is 206 g/mol. The summed E-state index contributed by atoms with van der Waals surface area (Å²) in [6, 6.07) is 5.35. The summed E-state index contributed by atoms with van der Waals surface area (Å²) in [5, 5.41) is 9.42. The lowest BCUT2D eigenvalue weighted by molar-refractivity contribution is 0.466. The fraction of sp³-hybridized carbons (Fsp3) is 0. The molecule has 0 aliphatic carbocycles. The van der Waals surface area contributed by atoms with Crippen LogP contribution in [0, 0.1) is 5.82 Å². The molecule has 5 heteroatoms. The van der Waals surface area contributed by atoms with Gasteiger partial charge in [0.15, 0.2) is 0 Å². The van der Waals surface area contributed by atoms with Crippen LogP contribution in [0.1, 0.15) is 0 Å². The first-order valence-electron chi connectivity index (χ1n) is 4.21. The normalized spacial score (nSPS) is 10.2. The molecule has 1 aromatic carbocycles. The van der Waals surface area contributed by atoms with Gasteiger partial charge in [0, 0.05) is 5.56 Å². The van der Waals surface area contributed by atoms with Gasteiger partial charge in [-0.3, -0.25) is 4.79 Å². The second kappa shape index (κ2) is 3.53. The van der Waals surface area contributed by atoms with Crippen LogP contribution in [0.2, 0.25) is 0 Å². The Hall–Kier alpha value is -2.17. The molecule has 0 aliphatic heterocycles. The van der Waals surface area contributed by atoms with E-state index in [-0.39, 0.29) is 11.5 Å². The van der Waals surface area contributed by atoms with Crippen molar-refractivity contribution in [1.29, 1.82) is 0 Å². The molecule has 0 atom stereocenters. The third kappa shape index (κ3) is 1.71. The van der Waals surface area contributed by atoms with E-state index in [2.05, 4.69) is 9.97 Å². The average molecular weight is 206 g/mol. The van der Waals surface area contributed by atoms with Gasteiger partial charge in [0.2, 0.25) is 5.75 Å². The first-order chi connectivity index (χ1) is 7.18. The van der Waals surface area contributed by atoms with E-state index in [4.69, 9.17) is 0 Å². The number of H-pyrrole nitrogens is 1. The van der Waals surface area contributed by atoms with Crippen LogP contribution >= 0.6 is 0 Å². The molecule has 0 fully saturated rings. The molecule has 0 spiro atoms. The van der Waals surface area contributed by atoms with E-state index < -0.39 is 11.3 Å². The second-order valence-corrected chi connectivity index (χ2v) is 2.94. The van der Waals surface area contributed by atoms with Gasteiger partial charge >= 0.3 is 0 Å². The molecule has 1 aromatic heterocycles. The highest BCUT2D eigenvalue weighted by Gasteiger charge is 2.08. The predicted octanol–water partition coefficient (Wildman–Crippen LogP) is 1.28. The molecule has 0 saturated heterocycles. The topological polar surface area (TPSA) is 66.0 Å². The zero-order chi connectivity index (χ0) is 10.8. The van der Waals surface area contributed by atoms with Crippen molar-refractivity contribution in [2.75, 3.05) is 0 Å². The van der Waals surface area contributed by atoms with Gasteiger partial charge in [0.25, 0.3) is 5.56 Å². The van der Waals surface area contributed by atoms with E-state index >= 15 is 0 Å². The van der Waals surface area contributed by atoms with Crippen LogP contribution in [0.15, 0.2) is 35.4 Å². The molecular weight excluding hydrogens is 199 g/mol. The number of benzene rings is 1. The van der Waals surface area contributed by atoms with Gasteiger partial charge in [-0.2, -0.15) is 0 Å². The van der Waals surface area contributed by atoms with Crippen molar-refractivity contribution in [1.82, 2.24) is 9.97 Å². The quantitative estimate of drug-likeness (QED) is 0.738. The molecule has 15 heavy (non-hydrogen) atoms. The Balaban J connectivity index is 2.59. The van der Waals surface area contributed by atoms with Crippen LogP contribution in [0.5, 0.6) is 5.75 Å².